The van der Waals surface area contributed by atoms with Gasteiger partial charge in [-0.1, -0.05) is 37.3 Å². The van der Waals surface area contributed by atoms with Crippen molar-refractivity contribution in [2.75, 3.05) is 19.7 Å². The summed E-state index contributed by atoms with van der Waals surface area (Å²) in [6.45, 7) is 6.68. The molecular formula is C48H55FN8O12. The Labute approximate surface area is 394 Å². The molecule has 9 N–H and O–H groups in total. The van der Waals surface area contributed by atoms with Crippen LogP contribution in [0.4, 0.5) is 4.39 Å². The number of halogens is 1. The topological polar surface area (TPSA) is 299 Å². The number of rotatable bonds is 17. The van der Waals surface area contributed by atoms with Crippen molar-refractivity contribution in [3.63, 3.8) is 0 Å². The molecule has 21 heteroatoms. The number of hydrogen-bond donors (Lipinski definition) is 8. The molecule has 0 radical (unpaired) electrons. The molecule has 0 bridgehead atoms. The average molecular weight is 955 g/mol. The number of aromatic nitrogens is 2. The van der Waals surface area contributed by atoms with Gasteiger partial charge in [-0.05, 0) is 75.3 Å². The standard InChI is InChI=1S/C48H55FN8O12/c1-6-48(67)28-15-35-41-26(20-57(35)45(65)27(28)21-68-46(48)66)40-31(13-12-25-23(2)29(49)16-32(54-41)39(25)40)55-44(64)34(22-69-47(3,4)5)56-43(63)33(14-24-10-8-7-9-11-24)53-37(59)19-51-36(58)18-52-42(62)30(50)17-38(60)61/h7-11,15-16,30-31,33-34,67H,6,12-14,17-22,50H2,1-5H3,(H,51,58)(H,52,62)(H,53,59)(H,55,64)(H,56,63)(H,60,61)/t30-,31-,33-,34-,48-/m0/s1. The molecule has 0 fully saturated rings. The van der Waals surface area contributed by atoms with Crippen molar-refractivity contribution in [1.29, 1.82) is 0 Å². The van der Waals surface area contributed by atoms with E-state index < -0.39 is 108 Å². The molecule has 69 heavy (non-hydrogen) atoms. The summed E-state index contributed by atoms with van der Waals surface area (Å²) in [5.74, 6) is -6.58. The second kappa shape index (κ2) is 19.9. The zero-order valence-electron chi connectivity index (χ0n) is 38.7. The Kier molecular flexibility index (Phi) is 14.3. The number of pyridine rings is 2. The van der Waals surface area contributed by atoms with Crippen LogP contribution in [0.15, 0.2) is 47.3 Å². The highest BCUT2D eigenvalue weighted by Gasteiger charge is 2.46. The molecule has 2 aromatic heterocycles. The number of nitrogens with one attached hydrogen (secondary N) is 5. The highest BCUT2D eigenvalue weighted by atomic mass is 19.1. The minimum absolute atomic E-state index is 0.0000000507. The highest BCUT2D eigenvalue weighted by molar-refractivity contribution is 5.96. The summed E-state index contributed by atoms with van der Waals surface area (Å²) >= 11 is 0. The maximum Gasteiger partial charge on any atom is 0.343 e. The summed E-state index contributed by atoms with van der Waals surface area (Å²) in [5.41, 5.74) is 6.16. The molecule has 0 saturated carbocycles. The minimum Gasteiger partial charge on any atom is -0.481 e. The van der Waals surface area contributed by atoms with Crippen LogP contribution in [0, 0.1) is 12.7 Å². The molecular weight excluding hydrogens is 900 g/mol. The first-order valence-corrected chi connectivity index (χ1v) is 22.5. The number of carbonyl (C=O) groups excluding carboxylic acids is 6. The van der Waals surface area contributed by atoms with Gasteiger partial charge in [0.2, 0.25) is 29.5 Å². The fraction of sp³-hybridized carbons (Fsp3) is 0.438. The molecule has 0 saturated heterocycles. The number of esters is 1. The largest absolute Gasteiger partial charge is 0.481 e. The van der Waals surface area contributed by atoms with Crippen LogP contribution in [0.5, 0.6) is 0 Å². The number of carbonyl (C=O) groups is 7. The summed E-state index contributed by atoms with van der Waals surface area (Å²) in [6.07, 6.45) is -0.141. The van der Waals surface area contributed by atoms with Crippen molar-refractivity contribution in [3.05, 3.63) is 97.6 Å². The number of hydrogen-bond acceptors (Lipinski definition) is 13. The molecule has 7 rings (SSSR count). The van der Waals surface area contributed by atoms with Crippen LogP contribution in [-0.4, -0.2) is 105 Å². The molecule has 366 valence electrons. The first kappa shape index (κ1) is 49.8. The number of carboxylic acids is 1. The predicted octanol–water partition coefficient (Wildman–Crippen LogP) is 0.692. The van der Waals surface area contributed by atoms with Crippen LogP contribution < -0.4 is 37.9 Å². The van der Waals surface area contributed by atoms with Crippen LogP contribution in [0.1, 0.15) is 91.9 Å². The van der Waals surface area contributed by atoms with Crippen molar-refractivity contribution in [3.8, 4) is 11.4 Å². The molecule has 3 aliphatic rings. The third-order valence-corrected chi connectivity index (χ3v) is 12.5. The Hall–Kier alpha value is -7.10. The highest BCUT2D eigenvalue weighted by Crippen LogP contribution is 2.46. The Balaban J connectivity index is 1.16. The number of aliphatic hydroxyl groups is 1. The van der Waals surface area contributed by atoms with Crippen molar-refractivity contribution in [2.24, 2.45) is 5.73 Å². The lowest BCUT2D eigenvalue weighted by atomic mass is 9.81. The van der Waals surface area contributed by atoms with Gasteiger partial charge in [-0.2, -0.15) is 0 Å². The number of amides is 5. The molecule has 1 aliphatic carbocycles. The van der Waals surface area contributed by atoms with E-state index in [1.165, 1.54) is 10.6 Å². The number of aryl methyl sites for hydroxylation is 1. The van der Waals surface area contributed by atoms with Gasteiger partial charge >= 0.3 is 11.9 Å². The number of fused-ring (bicyclic) bond motifs is 5. The van der Waals surface area contributed by atoms with Gasteiger partial charge in [-0.3, -0.25) is 33.6 Å². The van der Waals surface area contributed by atoms with Gasteiger partial charge < -0.3 is 56.6 Å². The lowest BCUT2D eigenvalue weighted by Gasteiger charge is -2.32. The summed E-state index contributed by atoms with van der Waals surface area (Å²) in [5, 5.41) is 33.9. The van der Waals surface area contributed by atoms with E-state index in [4.69, 9.17) is 25.3 Å². The van der Waals surface area contributed by atoms with Crippen molar-refractivity contribution in [2.45, 2.75) is 115 Å². The zero-order chi connectivity index (χ0) is 50.1. The molecule has 2 aromatic carbocycles. The number of benzene rings is 2. The number of carboxylic acid groups (broad SMARTS) is 1. The number of nitrogens with zero attached hydrogens (tertiary/aromatic N) is 2. The fourth-order valence-corrected chi connectivity index (χ4v) is 8.88. The lowest BCUT2D eigenvalue weighted by molar-refractivity contribution is -0.172. The van der Waals surface area contributed by atoms with E-state index in [2.05, 4.69) is 26.6 Å². The Bertz CT molecular complexity index is 2830. The van der Waals surface area contributed by atoms with Crippen LogP contribution in [0.25, 0.3) is 22.3 Å². The fourth-order valence-electron chi connectivity index (χ4n) is 8.88. The monoisotopic (exact) mass is 954 g/mol. The van der Waals surface area contributed by atoms with E-state index in [1.807, 2.05) is 0 Å². The zero-order valence-corrected chi connectivity index (χ0v) is 38.7. The number of ether oxygens (including phenoxy) is 2. The third-order valence-electron chi connectivity index (χ3n) is 12.5. The number of cyclic esters (lactones) is 1. The Morgan fingerprint density at radius 1 is 0.971 bits per heavy atom. The summed E-state index contributed by atoms with van der Waals surface area (Å²) in [6, 6.07) is 6.78. The van der Waals surface area contributed by atoms with Gasteiger partial charge in [0, 0.05) is 29.0 Å². The van der Waals surface area contributed by atoms with Gasteiger partial charge in [0.25, 0.3) is 5.56 Å². The summed E-state index contributed by atoms with van der Waals surface area (Å²) in [4.78, 5) is 110. The number of aliphatic carboxylic acids is 1. The minimum atomic E-state index is -2.08. The molecule has 5 atom stereocenters. The second-order valence-electron chi connectivity index (χ2n) is 18.4. The van der Waals surface area contributed by atoms with Crippen molar-refractivity contribution < 1.29 is 57.6 Å². The van der Waals surface area contributed by atoms with E-state index in [9.17, 15) is 43.5 Å². The first-order chi connectivity index (χ1) is 32.6. The molecule has 0 unspecified atom stereocenters. The van der Waals surface area contributed by atoms with E-state index >= 15 is 4.39 Å². The number of nitrogens with two attached hydrogens (primary N) is 1. The predicted molar refractivity (Wildman–Crippen MR) is 244 cm³/mol. The van der Waals surface area contributed by atoms with E-state index in [1.54, 1.807) is 71.0 Å². The Morgan fingerprint density at radius 3 is 2.36 bits per heavy atom. The summed E-state index contributed by atoms with van der Waals surface area (Å²) in [7, 11) is 0. The van der Waals surface area contributed by atoms with Gasteiger partial charge in [-0.15, -0.1) is 0 Å². The molecule has 4 aromatic rings. The van der Waals surface area contributed by atoms with E-state index in [0.717, 1.165) is 0 Å². The van der Waals surface area contributed by atoms with Gasteiger partial charge in [0.1, 0.15) is 24.5 Å². The quantitative estimate of drug-likeness (QED) is 0.0596. The third kappa shape index (κ3) is 10.5. The first-order valence-electron chi connectivity index (χ1n) is 22.5. The van der Waals surface area contributed by atoms with Crippen molar-refractivity contribution in [1.82, 2.24) is 36.1 Å². The van der Waals surface area contributed by atoms with Gasteiger partial charge in [-0.25, -0.2) is 14.2 Å². The van der Waals surface area contributed by atoms with Crippen molar-refractivity contribution >= 4 is 52.4 Å². The Morgan fingerprint density at radius 2 is 1.68 bits per heavy atom. The second-order valence-corrected chi connectivity index (χ2v) is 18.4. The summed E-state index contributed by atoms with van der Waals surface area (Å²) < 4.78 is 28.3. The smallest absolute Gasteiger partial charge is 0.343 e. The molecule has 4 heterocycles. The molecule has 2 aliphatic heterocycles. The molecule has 0 spiro atoms. The normalized spacial score (nSPS) is 18.1. The van der Waals surface area contributed by atoms with Crippen LogP contribution in [-0.2, 0) is 74.6 Å². The van der Waals surface area contributed by atoms with Crippen LogP contribution in [0.2, 0.25) is 0 Å². The van der Waals surface area contributed by atoms with Crippen LogP contribution in [0.3, 0.4) is 0 Å². The van der Waals surface area contributed by atoms with E-state index in [0.29, 0.717) is 51.0 Å². The average Bonchev–Trinajstić information content (AvgIpc) is 3.67. The van der Waals surface area contributed by atoms with E-state index in [-0.39, 0.29) is 55.7 Å². The van der Waals surface area contributed by atoms with Gasteiger partial charge in [0.05, 0.1) is 72.8 Å². The van der Waals surface area contributed by atoms with Gasteiger partial charge in [0.15, 0.2) is 5.60 Å². The molecule has 5 amide bonds. The molecule has 20 nitrogen and oxygen atoms in total. The maximum atomic E-state index is 15.6. The van der Waals surface area contributed by atoms with Crippen LogP contribution >= 0.6 is 0 Å². The lowest BCUT2D eigenvalue weighted by Crippen LogP contribution is -2.57. The SMILES string of the molecule is CC[C@@]1(O)C(=O)OCc2c1cc1n(c2=O)Cc2c-1nc1cc(F)c(C)c3c1c2[C@@H](NC(=O)[C@H](COC(C)(C)C)NC(=O)[C@H](Cc1ccccc1)NC(=O)CNC(=O)CNC(=O)[C@@H](N)CC(=O)O)CC3. The maximum absolute atomic E-state index is 15.6.